The molecular formula is C19H18N2O4. The molecule has 0 unspecified atom stereocenters. The molecule has 0 radical (unpaired) electrons. The maximum atomic E-state index is 12.7. The van der Waals surface area contributed by atoms with Crippen LogP contribution in [0.15, 0.2) is 54.6 Å². The van der Waals surface area contributed by atoms with Crippen molar-refractivity contribution in [3.05, 3.63) is 75.8 Å². The fraction of sp³-hybridized carbons (Fsp3) is 0.263. The molecular weight excluding hydrogens is 320 g/mol. The molecule has 1 saturated heterocycles. The maximum Gasteiger partial charge on any atom is 0.270 e. The van der Waals surface area contributed by atoms with Crippen LogP contribution < -0.4 is 0 Å². The molecule has 1 aliphatic rings. The van der Waals surface area contributed by atoms with Crippen LogP contribution in [-0.2, 0) is 0 Å². The van der Waals surface area contributed by atoms with Crippen molar-refractivity contribution < 1.29 is 14.5 Å². The number of amides is 1. The first-order valence-electron chi connectivity index (χ1n) is 8.20. The zero-order chi connectivity index (χ0) is 17.8. The van der Waals surface area contributed by atoms with Gasteiger partial charge in [-0.3, -0.25) is 19.7 Å². The van der Waals surface area contributed by atoms with E-state index in [1.807, 2.05) is 18.2 Å². The van der Waals surface area contributed by atoms with E-state index < -0.39 is 4.92 Å². The topological polar surface area (TPSA) is 80.5 Å². The van der Waals surface area contributed by atoms with Gasteiger partial charge in [-0.1, -0.05) is 36.4 Å². The van der Waals surface area contributed by atoms with E-state index in [1.54, 1.807) is 23.1 Å². The van der Waals surface area contributed by atoms with Gasteiger partial charge in [-0.2, -0.15) is 0 Å². The molecule has 0 aromatic heterocycles. The molecule has 0 spiro atoms. The molecule has 2 aromatic rings. The Bertz CT molecular complexity index is 804. The molecule has 1 heterocycles. The number of nitro benzene ring substituents is 1. The highest BCUT2D eigenvalue weighted by Crippen LogP contribution is 2.25. The summed E-state index contributed by atoms with van der Waals surface area (Å²) in [6.07, 6.45) is 1.86. The second-order valence-electron chi connectivity index (χ2n) is 6.10. The molecule has 128 valence electrons. The van der Waals surface area contributed by atoms with Crippen LogP contribution in [0.5, 0.6) is 0 Å². The Hall–Kier alpha value is -3.02. The van der Waals surface area contributed by atoms with Crippen molar-refractivity contribution in [1.29, 1.82) is 0 Å². The Morgan fingerprint density at radius 2 is 1.80 bits per heavy atom. The van der Waals surface area contributed by atoms with Crippen molar-refractivity contribution in [2.75, 3.05) is 6.54 Å². The van der Waals surface area contributed by atoms with Gasteiger partial charge in [0.2, 0.25) is 0 Å². The second-order valence-corrected chi connectivity index (χ2v) is 6.10. The number of likely N-dealkylation sites (tertiary alicyclic amines) is 1. The van der Waals surface area contributed by atoms with Gasteiger partial charge in [0.15, 0.2) is 5.78 Å². The Morgan fingerprint density at radius 3 is 2.52 bits per heavy atom. The zero-order valence-electron chi connectivity index (χ0n) is 13.6. The summed E-state index contributed by atoms with van der Waals surface area (Å²) in [7, 11) is 0. The third-order valence-corrected chi connectivity index (χ3v) is 4.46. The van der Waals surface area contributed by atoms with Gasteiger partial charge >= 0.3 is 0 Å². The van der Waals surface area contributed by atoms with Gasteiger partial charge in [-0.25, -0.2) is 0 Å². The number of carbonyl (C=O) groups is 2. The molecule has 2 aromatic carbocycles. The number of hydrogen-bond acceptors (Lipinski definition) is 4. The van der Waals surface area contributed by atoms with Gasteiger partial charge < -0.3 is 4.90 Å². The highest BCUT2D eigenvalue weighted by Gasteiger charge is 2.31. The third-order valence-electron chi connectivity index (χ3n) is 4.46. The summed E-state index contributed by atoms with van der Waals surface area (Å²) in [5.41, 5.74) is 0.812. The molecule has 0 saturated carbocycles. The number of carbonyl (C=O) groups excluding carboxylic acids is 2. The van der Waals surface area contributed by atoms with Crippen LogP contribution in [0.4, 0.5) is 5.69 Å². The third kappa shape index (κ3) is 3.74. The average molecular weight is 338 g/mol. The largest absolute Gasteiger partial charge is 0.335 e. The fourth-order valence-electron chi connectivity index (χ4n) is 3.19. The minimum absolute atomic E-state index is 0.00402. The predicted octanol–water partition coefficient (Wildman–Crippen LogP) is 3.47. The summed E-state index contributed by atoms with van der Waals surface area (Å²) in [6.45, 7) is 0.564. The van der Waals surface area contributed by atoms with Crippen molar-refractivity contribution in [3.8, 4) is 0 Å². The molecule has 1 fully saturated rings. The van der Waals surface area contributed by atoms with Crippen LogP contribution in [0.3, 0.4) is 0 Å². The average Bonchev–Trinajstić information content (AvgIpc) is 3.10. The highest BCUT2D eigenvalue weighted by atomic mass is 16.6. The molecule has 3 rings (SSSR count). The second kappa shape index (κ2) is 7.25. The standard InChI is InChI=1S/C19H18N2O4/c22-18(14-6-2-1-3-7-14)13-16-10-5-11-20(16)19(23)15-8-4-9-17(12-15)21(24)25/h1-4,6-9,12,16H,5,10-11,13H2/t16-/m1/s1. The number of ketones is 1. The molecule has 6 heteroatoms. The summed E-state index contributed by atoms with van der Waals surface area (Å²) >= 11 is 0. The van der Waals surface area contributed by atoms with Crippen LogP contribution in [0, 0.1) is 10.1 Å². The fourth-order valence-corrected chi connectivity index (χ4v) is 3.19. The Morgan fingerprint density at radius 1 is 1.08 bits per heavy atom. The number of rotatable bonds is 5. The summed E-state index contributed by atoms with van der Waals surface area (Å²) in [5, 5.41) is 10.9. The molecule has 0 aliphatic carbocycles. The normalized spacial score (nSPS) is 16.6. The monoisotopic (exact) mass is 338 g/mol. The number of nitro groups is 1. The van der Waals surface area contributed by atoms with Crippen molar-refractivity contribution in [3.63, 3.8) is 0 Å². The van der Waals surface area contributed by atoms with Gasteiger partial charge in [0.25, 0.3) is 11.6 Å². The van der Waals surface area contributed by atoms with Gasteiger partial charge in [-0.15, -0.1) is 0 Å². The summed E-state index contributed by atoms with van der Waals surface area (Å²) in [5.74, 6) is -0.253. The molecule has 1 atom stereocenters. The summed E-state index contributed by atoms with van der Waals surface area (Å²) in [6, 6.07) is 14.6. The van der Waals surface area contributed by atoms with Gasteiger partial charge in [0.1, 0.15) is 0 Å². The number of hydrogen-bond donors (Lipinski definition) is 0. The lowest BCUT2D eigenvalue weighted by Gasteiger charge is -2.24. The van der Waals surface area contributed by atoms with E-state index in [0.717, 1.165) is 12.8 Å². The Labute approximate surface area is 145 Å². The first-order chi connectivity index (χ1) is 12.1. The van der Waals surface area contributed by atoms with Crippen molar-refractivity contribution in [1.82, 2.24) is 4.90 Å². The quantitative estimate of drug-likeness (QED) is 0.475. The van der Waals surface area contributed by atoms with E-state index >= 15 is 0 Å². The molecule has 25 heavy (non-hydrogen) atoms. The lowest BCUT2D eigenvalue weighted by atomic mass is 10.0. The lowest BCUT2D eigenvalue weighted by Crippen LogP contribution is -2.36. The summed E-state index contributed by atoms with van der Waals surface area (Å²) < 4.78 is 0. The molecule has 0 bridgehead atoms. The first kappa shape index (κ1) is 16.8. The number of nitrogens with zero attached hydrogens (tertiary/aromatic N) is 2. The van der Waals surface area contributed by atoms with Gasteiger partial charge in [0.05, 0.1) is 4.92 Å². The lowest BCUT2D eigenvalue weighted by molar-refractivity contribution is -0.384. The molecule has 1 amide bonds. The van der Waals surface area contributed by atoms with E-state index in [9.17, 15) is 19.7 Å². The molecule has 1 aliphatic heterocycles. The van der Waals surface area contributed by atoms with Crippen molar-refractivity contribution in [2.45, 2.75) is 25.3 Å². The highest BCUT2D eigenvalue weighted by molar-refractivity contribution is 5.98. The minimum atomic E-state index is -0.517. The van der Waals surface area contributed by atoms with E-state index in [2.05, 4.69) is 0 Å². The molecule has 0 N–H and O–H groups in total. The van der Waals surface area contributed by atoms with Crippen molar-refractivity contribution in [2.24, 2.45) is 0 Å². The SMILES string of the molecule is O=C(C[C@H]1CCCN1C(=O)c1cccc([N+](=O)[O-])c1)c1ccccc1. The number of Topliss-reactive ketones (excluding diaryl/α,β-unsaturated/α-hetero) is 1. The van der Waals surface area contributed by atoms with E-state index in [4.69, 9.17) is 0 Å². The smallest absolute Gasteiger partial charge is 0.270 e. The minimum Gasteiger partial charge on any atom is -0.335 e. The van der Waals surface area contributed by atoms with Crippen LogP contribution >= 0.6 is 0 Å². The first-order valence-corrected chi connectivity index (χ1v) is 8.20. The van der Waals surface area contributed by atoms with E-state index in [0.29, 0.717) is 12.1 Å². The van der Waals surface area contributed by atoms with Crippen molar-refractivity contribution >= 4 is 17.4 Å². The van der Waals surface area contributed by atoms with Gasteiger partial charge in [0, 0.05) is 42.3 Å². The number of non-ortho nitro benzene ring substituents is 1. The van der Waals surface area contributed by atoms with Crippen LogP contribution in [0.25, 0.3) is 0 Å². The predicted molar refractivity (Wildman–Crippen MR) is 92.5 cm³/mol. The zero-order valence-corrected chi connectivity index (χ0v) is 13.6. The van der Waals surface area contributed by atoms with Gasteiger partial charge in [-0.05, 0) is 18.9 Å². The van der Waals surface area contributed by atoms with Crippen LogP contribution in [0.1, 0.15) is 40.0 Å². The summed E-state index contributed by atoms with van der Waals surface area (Å²) in [4.78, 5) is 37.2. The molecule has 6 nitrogen and oxygen atoms in total. The van der Waals surface area contributed by atoms with Crippen LogP contribution in [-0.4, -0.2) is 34.1 Å². The van der Waals surface area contributed by atoms with E-state index in [1.165, 1.54) is 18.2 Å². The van der Waals surface area contributed by atoms with Crippen LogP contribution in [0.2, 0.25) is 0 Å². The number of benzene rings is 2. The van der Waals surface area contributed by atoms with E-state index in [-0.39, 0.29) is 35.4 Å². The Kier molecular flexibility index (Phi) is 4.88. The maximum absolute atomic E-state index is 12.7. The Balaban J connectivity index is 1.75.